The van der Waals surface area contributed by atoms with Crippen LogP contribution in [0.5, 0.6) is 0 Å². The highest BCUT2D eigenvalue weighted by Gasteiger charge is 2.40. The van der Waals surface area contributed by atoms with Gasteiger partial charge in [-0.3, -0.25) is 4.98 Å². The van der Waals surface area contributed by atoms with E-state index in [1.165, 1.54) is 28.4 Å². The van der Waals surface area contributed by atoms with Crippen molar-refractivity contribution in [3.63, 3.8) is 0 Å². The quantitative estimate of drug-likeness (QED) is 0.410. The van der Waals surface area contributed by atoms with Crippen LogP contribution in [0.2, 0.25) is 0 Å². The lowest BCUT2D eigenvalue weighted by molar-refractivity contribution is 0.589. The lowest BCUT2D eigenvalue weighted by Gasteiger charge is -2.14. The normalized spacial score (nSPS) is 19.3. The Morgan fingerprint density at radius 3 is 2.80 bits per heavy atom. The van der Waals surface area contributed by atoms with Crippen LogP contribution in [0.15, 0.2) is 42.7 Å². The second kappa shape index (κ2) is 7.91. The smallest absolute Gasteiger partial charge is 0.155 e. The van der Waals surface area contributed by atoms with Crippen LogP contribution >= 0.6 is 11.3 Å². The first-order valence-corrected chi connectivity index (χ1v) is 11.6. The molecule has 5 rings (SSSR count). The van der Waals surface area contributed by atoms with Gasteiger partial charge in [-0.2, -0.15) is 5.10 Å². The molecule has 0 aliphatic heterocycles. The molecule has 1 aliphatic carbocycles. The molecule has 4 aromatic heterocycles. The number of aromatic nitrogens is 5. The molecule has 0 N–H and O–H groups in total. The first-order chi connectivity index (χ1) is 14.6. The van der Waals surface area contributed by atoms with E-state index in [2.05, 4.69) is 54.0 Å². The molecule has 0 radical (unpaired) electrons. The van der Waals surface area contributed by atoms with Gasteiger partial charge in [-0.25, -0.2) is 14.5 Å². The van der Waals surface area contributed by atoms with Gasteiger partial charge in [0.2, 0.25) is 0 Å². The highest BCUT2D eigenvalue weighted by atomic mass is 32.1. The maximum absolute atomic E-state index is 4.93. The number of pyridine rings is 1. The minimum Gasteiger partial charge on any atom is -0.261 e. The first kappa shape index (κ1) is 19.4. The highest BCUT2D eigenvalue weighted by Crippen LogP contribution is 2.51. The molecule has 4 aromatic rings. The van der Waals surface area contributed by atoms with Crippen LogP contribution in [0.25, 0.3) is 5.65 Å². The molecule has 0 bridgehead atoms. The number of fused-ring (bicyclic) bond motifs is 1. The van der Waals surface area contributed by atoms with Gasteiger partial charge in [0.1, 0.15) is 0 Å². The molecule has 0 saturated heterocycles. The van der Waals surface area contributed by atoms with Gasteiger partial charge >= 0.3 is 0 Å². The Kier molecular flexibility index (Phi) is 5.11. The van der Waals surface area contributed by atoms with Crippen LogP contribution in [-0.2, 0) is 12.8 Å². The van der Waals surface area contributed by atoms with Gasteiger partial charge in [0.15, 0.2) is 5.65 Å². The van der Waals surface area contributed by atoms with Crippen molar-refractivity contribution in [1.29, 1.82) is 0 Å². The fourth-order valence-electron chi connectivity index (χ4n) is 4.52. The van der Waals surface area contributed by atoms with E-state index < -0.39 is 0 Å². The summed E-state index contributed by atoms with van der Waals surface area (Å²) in [4.78, 5) is 15.4. The van der Waals surface area contributed by atoms with Crippen LogP contribution in [0, 0.1) is 19.8 Å². The van der Waals surface area contributed by atoms with Crippen LogP contribution in [0.1, 0.15) is 64.3 Å². The standard InChI is InChI=1S/C24H27N5S/c1-15(12-18-13-20(18)21-6-4-5-10-25-21)22-14-19(29-24(28-22)9-11-26-29)7-8-23-16(2)27-17(3)30-23/h4-6,9-11,14-15,18,20H,7-8,12-13H2,1-3H3/t15?,18-,20-/m1/s1. The van der Waals surface area contributed by atoms with Gasteiger partial charge in [0.05, 0.1) is 16.9 Å². The Morgan fingerprint density at radius 2 is 2.03 bits per heavy atom. The number of aryl methyl sites for hydroxylation is 4. The molecule has 0 aromatic carbocycles. The van der Waals surface area contributed by atoms with Gasteiger partial charge in [0, 0.05) is 40.1 Å². The molecular formula is C24H27N5S. The summed E-state index contributed by atoms with van der Waals surface area (Å²) in [7, 11) is 0. The summed E-state index contributed by atoms with van der Waals surface area (Å²) in [5.41, 5.74) is 5.76. The van der Waals surface area contributed by atoms with Gasteiger partial charge in [0.25, 0.3) is 0 Å². The fourth-order valence-corrected chi connectivity index (χ4v) is 5.45. The third-order valence-corrected chi connectivity index (χ3v) is 7.34. The SMILES string of the molecule is Cc1nc(C)c(CCc2cc(C(C)C[C@@H]3C[C@H]3c3ccccn3)nc3ccnn23)s1. The maximum atomic E-state index is 4.93. The Balaban J connectivity index is 1.33. The van der Waals surface area contributed by atoms with E-state index in [0.717, 1.165) is 35.6 Å². The van der Waals surface area contributed by atoms with E-state index in [9.17, 15) is 0 Å². The van der Waals surface area contributed by atoms with E-state index >= 15 is 0 Å². The number of rotatable bonds is 7. The first-order valence-electron chi connectivity index (χ1n) is 10.8. The summed E-state index contributed by atoms with van der Waals surface area (Å²) in [6.45, 7) is 6.49. The molecule has 0 amide bonds. The van der Waals surface area contributed by atoms with E-state index in [0.29, 0.717) is 17.8 Å². The maximum Gasteiger partial charge on any atom is 0.155 e. The third kappa shape index (κ3) is 3.88. The van der Waals surface area contributed by atoms with Crippen molar-refractivity contribution in [1.82, 2.24) is 24.6 Å². The predicted molar refractivity (Wildman–Crippen MR) is 120 cm³/mol. The third-order valence-electron chi connectivity index (χ3n) is 6.21. The molecule has 3 atom stereocenters. The largest absolute Gasteiger partial charge is 0.261 e. The molecule has 6 heteroatoms. The van der Waals surface area contributed by atoms with Crippen LogP contribution < -0.4 is 0 Å². The van der Waals surface area contributed by atoms with Crippen LogP contribution in [0.4, 0.5) is 0 Å². The molecule has 154 valence electrons. The van der Waals surface area contributed by atoms with Gasteiger partial charge in [-0.15, -0.1) is 11.3 Å². The van der Waals surface area contributed by atoms with Crippen LogP contribution in [-0.4, -0.2) is 24.6 Å². The fraction of sp³-hybridized carbons (Fsp3) is 0.417. The molecular weight excluding hydrogens is 390 g/mol. The summed E-state index contributed by atoms with van der Waals surface area (Å²) < 4.78 is 1.99. The predicted octanol–water partition coefficient (Wildman–Crippen LogP) is 5.28. The zero-order chi connectivity index (χ0) is 20.7. The zero-order valence-corrected chi connectivity index (χ0v) is 18.6. The second-order valence-electron chi connectivity index (χ2n) is 8.51. The zero-order valence-electron chi connectivity index (χ0n) is 17.7. The number of thiazole rings is 1. The van der Waals surface area contributed by atoms with E-state index in [4.69, 9.17) is 4.98 Å². The monoisotopic (exact) mass is 417 g/mol. The van der Waals surface area contributed by atoms with Crippen molar-refractivity contribution in [2.75, 3.05) is 0 Å². The topological polar surface area (TPSA) is 56.0 Å². The molecule has 1 unspecified atom stereocenters. The Bertz CT molecular complexity index is 1160. The molecule has 5 nitrogen and oxygen atoms in total. The van der Waals surface area contributed by atoms with Crippen molar-refractivity contribution in [2.45, 2.75) is 58.3 Å². The highest BCUT2D eigenvalue weighted by molar-refractivity contribution is 7.11. The van der Waals surface area contributed by atoms with Crippen LogP contribution in [0.3, 0.4) is 0 Å². The van der Waals surface area contributed by atoms with Gasteiger partial charge in [-0.05, 0) is 69.6 Å². The Morgan fingerprint density at radius 1 is 1.13 bits per heavy atom. The van der Waals surface area contributed by atoms with E-state index in [1.54, 1.807) is 11.3 Å². The summed E-state index contributed by atoms with van der Waals surface area (Å²) in [6, 6.07) is 10.5. The molecule has 0 spiro atoms. The molecule has 30 heavy (non-hydrogen) atoms. The number of hydrogen-bond acceptors (Lipinski definition) is 5. The minimum absolute atomic E-state index is 0.426. The summed E-state index contributed by atoms with van der Waals surface area (Å²) in [5.74, 6) is 1.75. The molecule has 1 aliphatic rings. The Hall–Kier alpha value is -2.60. The average Bonchev–Trinajstić information content (AvgIpc) is 3.19. The van der Waals surface area contributed by atoms with Crippen molar-refractivity contribution in [2.24, 2.45) is 5.92 Å². The molecule has 1 saturated carbocycles. The van der Waals surface area contributed by atoms with Crippen molar-refractivity contribution in [3.8, 4) is 0 Å². The lowest BCUT2D eigenvalue weighted by Crippen LogP contribution is -2.07. The van der Waals surface area contributed by atoms with Gasteiger partial charge in [-0.1, -0.05) is 13.0 Å². The lowest BCUT2D eigenvalue weighted by atomic mass is 9.98. The Labute approximate surface area is 181 Å². The minimum atomic E-state index is 0.426. The van der Waals surface area contributed by atoms with Crippen molar-refractivity contribution >= 4 is 17.0 Å². The summed E-state index contributed by atoms with van der Waals surface area (Å²) in [6.07, 6.45) is 8.10. The van der Waals surface area contributed by atoms with E-state index in [1.807, 2.05) is 29.0 Å². The molecule has 1 fully saturated rings. The summed E-state index contributed by atoms with van der Waals surface area (Å²) in [5, 5.41) is 5.66. The average molecular weight is 418 g/mol. The van der Waals surface area contributed by atoms with Crippen molar-refractivity contribution < 1.29 is 0 Å². The van der Waals surface area contributed by atoms with E-state index in [-0.39, 0.29) is 0 Å². The van der Waals surface area contributed by atoms with Crippen molar-refractivity contribution in [3.05, 3.63) is 75.4 Å². The number of nitrogens with zero attached hydrogens (tertiary/aromatic N) is 5. The molecule has 4 heterocycles. The van der Waals surface area contributed by atoms with Gasteiger partial charge < -0.3 is 0 Å². The second-order valence-corrected chi connectivity index (χ2v) is 9.80. The summed E-state index contributed by atoms with van der Waals surface area (Å²) >= 11 is 1.80. The number of hydrogen-bond donors (Lipinski definition) is 0.